The van der Waals surface area contributed by atoms with Crippen LogP contribution in [0.3, 0.4) is 0 Å². The zero-order valence-corrected chi connectivity index (χ0v) is 16.9. The molecule has 27 heavy (non-hydrogen) atoms. The molecule has 0 saturated heterocycles. The summed E-state index contributed by atoms with van der Waals surface area (Å²) in [6.07, 6.45) is 0.981. The highest BCUT2D eigenvalue weighted by molar-refractivity contribution is 8.00. The minimum Gasteiger partial charge on any atom is -0.325 e. The average Bonchev–Trinajstić information content (AvgIpc) is 3.03. The van der Waals surface area contributed by atoms with E-state index in [0.717, 1.165) is 23.6 Å². The normalized spacial score (nSPS) is 12.0. The number of hydrogen-bond donors (Lipinski definition) is 1. The van der Waals surface area contributed by atoms with Gasteiger partial charge in [-0.2, -0.15) is 0 Å². The van der Waals surface area contributed by atoms with Gasteiger partial charge < -0.3 is 5.32 Å². The van der Waals surface area contributed by atoms with Gasteiger partial charge in [0.15, 0.2) is 5.16 Å². The van der Waals surface area contributed by atoms with Gasteiger partial charge in [-0.3, -0.25) is 9.36 Å². The second kappa shape index (κ2) is 8.39. The molecule has 0 aliphatic rings. The summed E-state index contributed by atoms with van der Waals surface area (Å²) in [5.74, 6) is 0.740. The van der Waals surface area contributed by atoms with Gasteiger partial charge in [-0.1, -0.05) is 48.5 Å². The Morgan fingerprint density at radius 2 is 1.74 bits per heavy atom. The molecule has 2 aromatic carbocycles. The molecule has 140 valence electrons. The van der Waals surface area contributed by atoms with E-state index in [1.165, 1.54) is 22.9 Å². The number of rotatable bonds is 6. The van der Waals surface area contributed by atoms with Crippen LogP contribution in [0, 0.1) is 13.8 Å². The standard InChI is InChI=1S/C21H24N4OS/c1-5-17-8-10-18(11-9-17)22-20(26)15(3)27-21-24-23-16(4)25(21)19-12-6-14(2)7-13-19/h6-13,15H,5H2,1-4H3,(H,22,26). The number of benzene rings is 2. The summed E-state index contributed by atoms with van der Waals surface area (Å²) in [6.45, 7) is 7.96. The van der Waals surface area contributed by atoms with Crippen molar-refractivity contribution < 1.29 is 4.79 Å². The predicted octanol–water partition coefficient (Wildman–Crippen LogP) is 4.57. The first-order valence-electron chi connectivity index (χ1n) is 9.03. The summed E-state index contributed by atoms with van der Waals surface area (Å²) < 4.78 is 1.98. The molecule has 0 spiro atoms. The van der Waals surface area contributed by atoms with Crippen molar-refractivity contribution in [2.24, 2.45) is 0 Å². The van der Waals surface area contributed by atoms with E-state index in [0.29, 0.717) is 5.16 Å². The molecule has 0 saturated carbocycles. The first-order valence-corrected chi connectivity index (χ1v) is 9.91. The Morgan fingerprint density at radius 1 is 1.07 bits per heavy atom. The molecular formula is C21H24N4OS. The van der Waals surface area contributed by atoms with E-state index >= 15 is 0 Å². The third kappa shape index (κ3) is 4.57. The smallest absolute Gasteiger partial charge is 0.237 e. The van der Waals surface area contributed by atoms with E-state index < -0.39 is 0 Å². The lowest BCUT2D eigenvalue weighted by Crippen LogP contribution is -2.22. The molecule has 1 amide bonds. The van der Waals surface area contributed by atoms with Crippen LogP contribution >= 0.6 is 11.8 Å². The van der Waals surface area contributed by atoms with Gasteiger partial charge in [0.1, 0.15) is 5.82 Å². The fourth-order valence-electron chi connectivity index (χ4n) is 2.69. The summed E-state index contributed by atoms with van der Waals surface area (Å²) in [5.41, 5.74) is 4.24. The van der Waals surface area contributed by atoms with Crippen LogP contribution in [0.4, 0.5) is 5.69 Å². The zero-order valence-electron chi connectivity index (χ0n) is 16.1. The van der Waals surface area contributed by atoms with Gasteiger partial charge in [-0.15, -0.1) is 10.2 Å². The lowest BCUT2D eigenvalue weighted by atomic mass is 10.1. The molecule has 0 fully saturated rings. The maximum absolute atomic E-state index is 12.6. The van der Waals surface area contributed by atoms with E-state index in [2.05, 4.69) is 41.5 Å². The highest BCUT2D eigenvalue weighted by atomic mass is 32.2. The van der Waals surface area contributed by atoms with Gasteiger partial charge in [0.05, 0.1) is 5.25 Å². The van der Waals surface area contributed by atoms with Crippen LogP contribution in [0.1, 0.15) is 30.8 Å². The van der Waals surface area contributed by atoms with Crippen molar-refractivity contribution in [1.82, 2.24) is 14.8 Å². The third-order valence-corrected chi connectivity index (χ3v) is 5.41. The van der Waals surface area contributed by atoms with Gasteiger partial charge in [0.25, 0.3) is 0 Å². The summed E-state index contributed by atoms with van der Waals surface area (Å²) >= 11 is 1.40. The number of anilines is 1. The van der Waals surface area contributed by atoms with E-state index in [1.807, 2.05) is 54.8 Å². The summed E-state index contributed by atoms with van der Waals surface area (Å²) in [5, 5.41) is 11.8. The van der Waals surface area contributed by atoms with Crippen LogP contribution in [-0.2, 0) is 11.2 Å². The van der Waals surface area contributed by atoms with E-state index in [-0.39, 0.29) is 11.2 Å². The van der Waals surface area contributed by atoms with E-state index in [1.54, 1.807) is 0 Å². The quantitative estimate of drug-likeness (QED) is 0.637. The highest BCUT2D eigenvalue weighted by Crippen LogP contribution is 2.26. The Kier molecular flexibility index (Phi) is 5.96. The van der Waals surface area contributed by atoms with Gasteiger partial charge >= 0.3 is 0 Å². The molecule has 0 bridgehead atoms. The Labute approximate surface area is 164 Å². The van der Waals surface area contributed by atoms with Crippen molar-refractivity contribution in [2.75, 3.05) is 5.32 Å². The second-order valence-electron chi connectivity index (χ2n) is 6.50. The second-order valence-corrected chi connectivity index (χ2v) is 7.81. The maximum atomic E-state index is 12.6. The lowest BCUT2D eigenvalue weighted by Gasteiger charge is -2.13. The lowest BCUT2D eigenvalue weighted by molar-refractivity contribution is -0.115. The molecule has 6 heteroatoms. The molecule has 1 aromatic heterocycles. The van der Waals surface area contributed by atoms with Gasteiger partial charge in [0, 0.05) is 11.4 Å². The van der Waals surface area contributed by atoms with Crippen molar-refractivity contribution in [3.8, 4) is 5.69 Å². The number of carbonyl (C=O) groups is 1. The van der Waals surface area contributed by atoms with Gasteiger partial charge in [0.2, 0.25) is 5.91 Å². The van der Waals surface area contributed by atoms with Crippen LogP contribution in [-0.4, -0.2) is 25.9 Å². The first-order chi connectivity index (χ1) is 13.0. The number of nitrogens with one attached hydrogen (secondary N) is 1. The minimum atomic E-state index is -0.302. The number of aromatic nitrogens is 3. The first kappa shape index (κ1) is 19.2. The molecule has 1 atom stereocenters. The minimum absolute atomic E-state index is 0.0552. The molecule has 1 N–H and O–H groups in total. The summed E-state index contributed by atoms with van der Waals surface area (Å²) in [7, 11) is 0. The molecule has 0 aliphatic carbocycles. The zero-order chi connectivity index (χ0) is 19.4. The van der Waals surface area contributed by atoms with Gasteiger partial charge in [-0.05, 0) is 57.0 Å². The molecule has 1 unspecified atom stereocenters. The molecule has 5 nitrogen and oxygen atoms in total. The Morgan fingerprint density at radius 3 is 2.37 bits per heavy atom. The van der Waals surface area contributed by atoms with Crippen LogP contribution in [0.25, 0.3) is 5.69 Å². The molecule has 3 rings (SSSR count). The number of aryl methyl sites for hydroxylation is 3. The number of amides is 1. The van der Waals surface area contributed by atoms with Crippen LogP contribution in [0.2, 0.25) is 0 Å². The Hall–Kier alpha value is -2.60. The van der Waals surface area contributed by atoms with Crippen LogP contribution in [0.5, 0.6) is 0 Å². The SMILES string of the molecule is CCc1ccc(NC(=O)C(C)Sc2nnc(C)n2-c2ccc(C)cc2)cc1. The van der Waals surface area contributed by atoms with Crippen molar-refractivity contribution in [1.29, 1.82) is 0 Å². The van der Waals surface area contributed by atoms with E-state index in [4.69, 9.17) is 0 Å². The van der Waals surface area contributed by atoms with Crippen LogP contribution < -0.4 is 5.32 Å². The highest BCUT2D eigenvalue weighted by Gasteiger charge is 2.20. The third-order valence-electron chi connectivity index (χ3n) is 4.37. The van der Waals surface area contributed by atoms with Crippen molar-refractivity contribution in [3.05, 3.63) is 65.5 Å². The van der Waals surface area contributed by atoms with Crippen molar-refractivity contribution in [2.45, 2.75) is 44.5 Å². The predicted molar refractivity (Wildman–Crippen MR) is 111 cm³/mol. The Balaban J connectivity index is 1.72. The average molecular weight is 381 g/mol. The fraction of sp³-hybridized carbons (Fsp3) is 0.286. The summed E-state index contributed by atoms with van der Waals surface area (Å²) in [4.78, 5) is 12.6. The van der Waals surface area contributed by atoms with Gasteiger partial charge in [-0.25, -0.2) is 0 Å². The molecule has 1 heterocycles. The number of carbonyl (C=O) groups excluding carboxylic acids is 1. The van der Waals surface area contributed by atoms with Crippen molar-refractivity contribution >= 4 is 23.4 Å². The number of hydrogen-bond acceptors (Lipinski definition) is 4. The van der Waals surface area contributed by atoms with E-state index in [9.17, 15) is 4.79 Å². The number of thioether (sulfide) groups is 1. The van der Waals surface area contributed by atoms with Crippen LogP contribution in [0.15, 0.2) is 53.7 Å². The molecule has 3 aromatic rings. The maximum Gasteiger partial charge on any atom is 0.237 e. The largest absolute Gasteiger partial charge is 0.325 e. The molecule has 0 aliphatic heterocycles. The number of nitrogens with zero attached hydrogens (tertiary/aromatic N) is 3. The Bertz CT molecular complexity index is 916. The topological polar surface area (TPSA) is 59.8 Å². The molecular weight excluding hydrogens is 356 g/mol. The van der Waals surface area contributed by atoms with Crippen molar-refractivity contribution in [3.63, 3.8) is 0 Å². The summed E-state index contributed by atoms with van der Waals surface area (Å²) in [6, 6.07) is 16.1. The fourth-order valence-corrected chi connectivity index (χ4v) is 3.60. The molecule has 0 radical (unpaired) electrons. The monoisotopic (exact) mass is 380 g/mol.